The Morgan fingerprint density at radius 1 is 0.861 bits per heavy atom. The molecule has 0 aliphatic carbocycles. The lowest BCUT2D eigenvalue weighted by atomic mass is 10.1. The number of anilines is 1. The Balaban J connectivity index is 1.82. The van der Waals surface area contributed by atoms with Gasteiger partial charge in [0.15, 0.2) is 23.2 Å². The van der Waals surface area contributed by atoms with Crippen molar-refractivity contribution >= 4 is 29.4 Å². The molecular formula is C23H16F5NO7. The van der Waals surface area contributed by atoms with E-state index in [0.717, 1.165) is 18.2 Å². The quantitative estimate of drug-likeness (QED) is 0.129. The Morgan fingerprint density at radius 2 is 1.47 bits per heavy atom. The zero-order valence-corrected chi connectivity index (χ0v) is 18.2. The number of hydrogen-bond donors (Lipinski definition) is 1. The van der Waals surface area contributed by atoms with Crippen LogP contribution in [0.25, 0.3) is 0 Å². The van der Waals surface area contributed by atoms with Gasteiger partial charge in [-0.3, -0.25) is 19.2 Å². The molecular weight excluding hydrogens is 497 g/mol. The summed E-state index contributed by atoms with van der Waals surface area (Å²) in [5, 5.41) is 8.74. The Labute approximate surface area is 199 Å². The lowest BCUT2D eigenvalue weighted by Gasteiger charge is -2.19. The fourth-order valence-electron chi connectivity index (χ4n) is 3.19. The summed E-state index contributed by atoms with van der Waals surface area (Å²) in [4.78, 5) is 47.2. The number of amides is 2. The summed E-state index contributed by atoms with van der Waals surface area (Å²) in [6.45, 7) is -0.288. The summed E-state index contributed by atoms with van der Waals surface area (Å²) >= 11 is 0. The van der Waals surface area contributed by atoms with Crippen molar-refractivity contribution in [2.45, 2.75) is 25.7 Å². The number of carboxylic acids is 1. The third-order valence-electron chi connectivity index (χ3n) is 4.88. The molecule has 36 heavy (non-hydrogen) atoms. The first-order valence-corrected chi connectivity index (χ1v) is 10.3. The second-order valence-electron chi connectivity index (χ2n) is 7.35. The molecule has 2 aromatic carbocycles. The summed E-state index contributed by atoms with van der Waals surface area (Å²) in [5.74, 6) is -14.8. The van der Waals surface area contributed by atoms with Crippen LogP contribution in [-0.4, -0.2) is 35.5 Å². The minimum absolute atomic E-state index is 0.0121. The molecule has 1 aliphatic heterocycles. The Bertz CT molecular complexity index is 1230. The standard InChI is InChI=1S/C23H16F5NO7/c24-12-10-13(25)20(27)23(19(12)26)36-18(34)8-4-11-3-5-14(29-15(30)6-7-16(29)31)21(28)22(11)35-9-1-2-17(32)33/h3,5-7,10H,1-2,4,8-9H2,(H,32,33). The van der Waals surface area contributed by atoms with Gasteiger partial charge in [0.1, 0.15) is 0 Å². The summed E-state index contributed by atoms with van der Waals surface area (Å²) in [5.41, 5.74) is -0.476. The highest BCUT2D eigenvalue weighted by Crippen LogP contribution is 2.34. The molecule has 2 aromatic rings. The number of rotatable bonds is 10. The lowest BCUT2D eigenvalue weighted by molar-refractivity contribution is -0.137. The van der Waals surface area contributed by atoms with Crippen molar-refractivity contribution < 1.29 is 55.7 Å². The van der Waals surface area contributed by atoms with E-state index >= 15 is 4.39 Å². The molecule has 0 aromatic heterocycles. The maximum absolute atomic E-state index is 15.3. The van der Waals surface area contributed by atoms with Crippen LogP contribution in [0.4, 0.5) is 27.6 Å². The van der Waals surface area contributed by atoms with Crippen LogP contribution in [0.1, 0.15) is 24.8 Å². The van der Waals surface area contributed by atoms with Crippen LogP contribution in [-0.2, 0) is 25.6 Å². The third kappa shape index (κ3) is 5.67. The van der Waals surface area contributed by atoms with Gasteiger partial charge in [-0.1, -0.05) is 6.07 Å². The van der Waals surface area contributed by atoms with Crippen molar-refractivity contribution in [2.75, 3.05) is 11.5 Å². The molecule has 0 atom stereocenters. The van der Waals surface area contributed by atoms with Gasteiger partial charge < -0.3 is 14.6 Å². The monoisotopic (exact) mass is 513 g/mol. The Morgan fingerprint density at radius 3 is 2.06 bits per heavy atom. The number of hydrogen-bond acceptors (Lipinski definition) is 6. The molecule has 3 rings (SSSR count). The molecule has 1 heterocycles. The summed E-state index contributed by atoms with van der Waals surface area (Å²) in [6.07, 6.45) is 0.472. The molecule has 0 bridgehead atoms. The van der Waals surface area contributed by atoms with Crippen molar-refractivity contribution in [2.24, 2.45) is 0 Å². The maximum atomic E-state index is 15.3. The van der Waals surface area contributed by atoms with Crippen molar-refractivity contribution in [1.29, 1.82) is 0 Å². The van der Waals surface area contributed by atoms with E-state index in [1.54, 1.807) is 0 Å². The number of ether oxygens (including phenoxy) is 2. The molecule has 2 amide bonds. The van der Waals surface area contributed by atoms with Crippen LogP contribution in [0.2, 0.25) is 0 Å². The number of benzene rings is 2. The Hall–Kier alpha value is -4.29. The van der Waals surface area contributed by atoms with Gasteiger partial charge in [0, 0.05) is 24.6 Å². The molecule has 0 unspecified atom stereocenters. The summed E-state index contributed by atoms with van der Waals surface area (Å²) in [7, 11) is 0. The molecule has 0 fully saturated rings. The Kier molecular flexibility index (Phi) is 8.02. The topological polar surface area (TPSA) is 110 Å². The van der Waals surface area contributed by atoms with Crippen LogP contribution in [0, 0.1) is 29.1 Å². The lowest BCUT2D eigenvalue weighted by Crippen LogP contribution is -2.30. The number of esters is 1. The number of carbonyl (C=O) groups is 4. The van der Waals surface area contributed by atoms with Gasteiger partial charge in [0.25, 0.3) is 11.8 Å². The number of imide groups is 1. The number of nitrogens with zero attached hydrogens (tertiary/aromatic N) is 1. The van der Waals surface area contributed by atoms with E-state index in [1.807, 2.05) is 0 Å². The number of carboxylic acid groups (broad SMARTS) is 1. The number of carbonyl (C=O) groups excluding carboxylic acids is 3. The van der Waals surface area contributed by atoms with Gasteiger partial charge in [-0.2, -0.15) is 8.78 Å². The van der Waals surface area contributed by atoms with Crippen molar-refractivity contribution in [1.82, 2.24) is 0 Å². The van der Waals surface area contributed by atoms with Gasteiger partial charge in [0.05, 0.1) is 18.7 Å². The highest BCUT2D eigenvalue weighted by molar-refractivity contribution is 6.28. The normalized spacial score (nSPS) is 12.9. The number of aliphatic carboxylic acids is 1. The summed E-state index contributed by atoms with van der Waals surface area (Å²) < 4.78 is 79.1. The molecule has 0 radical (unpaired) electrons. The molecule has 1 aliphatic rings. The SMILES string of the molecule is O=C(O)CCCOc1c(CCC(=O)Oc2c(F)c(F)cc(F)c2F)ccc(N2C(=O)C=CC2=O)c1F. The van der Waals surface area contributed by atoms with Gasteiger partial charge in [-0.05, 0) is 24.5 Å². The minimum Gasteiger partial charge on any atom is -0.490 e. The first kappa shape index (κ1) is 26.3. The highest BCUT2D eigenvalue weighted by Gasteiger charge is 2.30. The van der Waals surface area contributed by atoms with Crippen LogP contribution in [0.3, 0.4) is 0 Å². The minimum atomic E-state index is -1.92. The molecule has 190 valence electrons. The average molecular weight is 513 g/mol. The van der Waals surface area contributed by atoms with E-state index < -0.39 is 76.4 Å². The smallest absolute Gasteiger partial charge is 0.311 e. The molecule has 0 saturated heterocycles. The van der Waals surface area contributed by atoms with Gasteiger partial charge >= 0.3 is 11.9 Å². The van der Waals surface area contributed by atoms with Crippen LogP contribution in [0.15, 0.2) is 30.4 Å². The maximum Gasteiger partial charge on any atom is 0.311 e. The van der Waals surface area contributed by atoms with Gasteiger partial charge in [-0.25, -0.2) is 18.1 Å². The zero-order chi connectivity index (χ0) is 26.6. The van der Waals surface area contributed by atoms with Crippen molar-refractivity contribution in [3.05, 3.63) is 65.0 Å². The third-order valence-corrected chi connectivity index (χ3v) is 4.88. The second kappa shape index (κ2) is 11.0. The predicted octanol–water partition coefficient (Wildman–Crippen LogP) is 3.59. The van der Waals surface area contributed by atoms with Gasteiger partial charge in [0.2, 0.25) is 17.4 Å². The number of halogens is 5. The second-order valence-corrected chi connectivity index (χ2v) is 7.35. The zero-order valence-electron chi connectivity index (χ0n) is 18.2. The fraction of sp³-hybridized carbons (Fsp3) is 0.217. The van der Waals surface area contributed by atoms with Crippen molar-refractivity contribution in [3.63, 3.8) is 0 Å². The van der Waals surface area contributed by atoms with E-state index in [0.29, 0.717) is 4.90 Å². The van der Waals surface area contributed by atoms with Crippen LogP contribution < -0.4 is 14.4 Å². The first-order valence-electron chi connectivity index (χ1n) is 10.3. The molecule has 13 heteroatoms. The fourth-order valence-corrected chi connectivity index (χ4v) is 3.19. The van der Waals surface area contributed by atoms with E-state index in [-0.39, 0.29) is 37.5 Å². The van der Waals surface area contributed by atoms with E-state index in [9.17, 15) is 36.7 Å². The van der Waals surface area contributed by atoms with Gasteiger partial charge in [-0.15, -0.1) is 0 Å². The largest absolute Gasteiger partial charge is 0.490 e. The predicted molar refractivity (Wildman–Crippen MR) is 111 cm³/mol. The molecule has 8 nitrogen and oxygen atoms in total. The van der Waals surface area contributed by atoms with E-state index in [1.165, 1.54) is 6.07 Å². The molecule has 0 spiro atoms. The van der Waals surface area contributed by atoms with Crippen LogP contribution in [0.5, 0.6) is 11.5 Å². The first-order chi connectivity index (χ1) is 17.0. The van der Waals surface area contributed by atoms with Crippen molar-refractivity contribution in [3.8, 4) is 11.5 Å². The van der Waals surface area contributed by atoms with E-state index in [2.05, 4.69) is 4.74 Å². The summed E-state index contributed by atoms with van der Waals surface area (Å²) in [6, 6.07) is 2.20. The highest BCUT2D eigenvalue weighted by atomic mass is 19.2. The average Bonchev–Trinajstić information content (AvgIpc) is 3.15. The molecule has 0 saturated carbocycles. The van der Waals surface area contributed by atoms with E-state index in [4.69, 9.17) is 9.84 Å². The van der Waals surface area contributed by atoms with Crippen LogP contribution >= 0.6 is 0 Å². The molecule has 1 N–H and O–H groups in total. The number of aryl methyl sites for hydroxylation is 1.